The van der Waals surface area contributed by atoms with E-state index in [4.69, 9.17) is 4.74 Å². The van der Waals surface area contributed by atoms with Crippen LogP contribution in [0.3, 0.4) is 0 Å². The summed E-state index contributed by atoms with van der Waals surface area (Å²) in [6.45, 7) is 1.20. The number of piperidine rings is 1. The first-order valence-corrected chi connectivity index (χ1v) is 10.3. The number of amides is 2. The van der Waals surface area contributed by atoms with Crippen LogP contribution in [-0.2, 0) is 11.2 Å². The Balaban J connectivity index is 1.54. The van der Waals surface area contributed by atoms with Gasteiger partial charge < -0.3 is 14.5 Å². The standard InChI is InChI=1S/C23H26N4O3/c1-26-20-11-13-27(23(29)19-10-12-24-16-25-19)14-18(20)8-3-2-6-17-7-4-5-9-21(17)30-15-22(26)28/h2-5,7,9-10,12,16,18,20H,6,8,11,13-15H2,1H3/b3-2+/t18-,20+/m0/s1. The van der Waals surface area contributed by atoms with Crippen LogP contribution in [0.25, 0.3) is 0 Å². The van der Waals surface area contributed by atoms with Crippen LogP contribution >= 0.6 is 0 Å². The molecular formula is C23H26N4O3. The van der Waals surface area contributed by atoms with E-state index in [0.29, 0.717) is 18.8 Å². The van der Waals surface area contributed by atoms with Gasteiger partial charge in [0.1, 0.15) is 17.8 Å². The maximum atomic E-state index is 12.9. The molecule has 7 nitrogen and oxygen atoms in total. The van der Waals surface area contributed by atoms with Gasteiger partial charge in [-0.05, 0) is 37.0 Å². The Morgan fingerprint density at radius 2 is 2.07 bits per heavy atom. The third-order valence-electron chi connectivity index (χ3n) is 5.94. The number of likely N-dealkylation sites (tertiary alicyclic amines) is 1. The molecule has 3 heterocycles. The van der Waals surface area contributed by atoms with Gasteiger partial charge in [0.05, 0.1) is 0 Å². The molecule has 2 amide bonds. The predicted octanol–water partition coefficient (Wildman–Crippen LogP) is 2.35. The van der Waals surface area contributed by atoms with Crippen molar-refractivity contribution in [2.45, 2.75) is 25.3 Å². The summed E-state index contributed by atoms with van der Waals surface area (Å²) in [6, 6.07) is 9.52. The van der Waals surface area contributed by atoms with Gasteiger partial charge in [-0.25, -0.2) is 9.97 Å². The van der Waals surface area contributed by atoms with Gasteiger partial charge in [-0.15, -0.1) is 0 Å². The number of para-hydroxylation sites is 1. The number of nitrogens with zero attached hydrogens (tertiary/aromatic N) is 4. The molecule has 7 heteroatoms. The van der Waals surface area contributed by atoms with Crippen molar-refractivity contribution in [3.05, 3.63) is 66.3 Å². The topological polar surface area (TPSA) is 75.6 Å². The molecule has 0 spiro atoms. The first kappa shape index (κ1) is 20.1. The molecule has 2 aromatic rings. The van der Waals surface area contributed by atoms with Gasteiger partial charge in [-0.3, -0.25) is 9.59 Å². The summed E-state index contributed by atoms with van der Waals surface area (Å²) >= 11 is 0. The zero-order valence-corrected chi connectivity index (χ0v) is 17.1. The number of likely N-dealkylation sites (N-methyl/N-ethyl adjacent to an activating group) is 1. The highest BCUT2D eigenvalue weighted by Gasteiger charge is 2.35. The predicted molar refractivity (Wildman–Crippen MR) is 112 cm³/mol. The van der Waals surface area contributed by atoms with Gasteiger partial charge in [-0.1, -0.05) is 30.4 Å². The quantitative estimate of drug-likeness (QED) is 0.680. The van der Waals surface area contributed by atoms with E-state index in [1.807, 2.05) is 36.2 Å². The van der Waals surface area contributed by atoms with E-state index in [1.54, 1.807) is 17.2 Å². The lowest BCUT2D eigenvalue weighted by Crippen LogP contribution is -2.53. The number of ether oxygens (including phenoxy) is 1. The van der Waals surface area contributed by atoms with Crippen LogP contribution in [0.4, 0.5) is 0 Å². The van der Waals surface area contributed by atoms with Gasteiger partial charge in [0.15, 0.2) is 6.61 Å². The van der Waals surface area contributed by atoms with E-state index in [0.717, 1.165) is 30.6 Å². The number of carbonyl (C=O) groups excluding carboxylic acids is 2. The van der Waals surface area contributed by atoms with Crippen molar-refractivity contribution in [2.24, 2.45) is 5.92 Å². The van der Waals surface area contributed by atoms with E-state index in [1.165, 1.54) is 6.33 Å². The minimum absolute atomic E-state index is 0.0179. The highest BCUT2D eigenvalue weighted by atomic mass is 16.5. The van der Waals surface area contributed by atoms with Crippen molar-refractivity contribution < 1.29 is 14.3 Å². The second-order valence-electron chi connectivity index (χ2n) is 7.77. The number of carbonyl (C=O) groups is 2. The zero-order chi connectivity index (χ0) is 20.9. The third-order valence-corrected chi connectivity index (χ3v) is 5.94. The summed E-state index contributed by atoms with van der Waals surface area (Å²) in [6.07, 6.45) is 9.56. The number of fused-ring (bicyclic) bond motifs is 2. The third kappa shape index (κ3) is 4.35. The Hall–Kier alpha value is -3.22. The Morgan fingerprint density at radius 1 is 1.20 bits per heavy atom. The molecule has 156 valence electrons. The van der Waals surface area contributed by atoms with Crippen molar-refractivity contribution >= 4 is 11.8 Å². The molecule has 0 N–H and O–H groups in total. The summed E-state index contributed by atoms with van der Waals surface area (Å²) in [5.41, 5.74) is 1.46. The molecule has 2 aliphatic heterocycles. The second kappa shape index (κ2) is 9.07. The number of hydrogen-bond acceptors (Lipinski definition) is 5. The molecule has 0 saturated carbocycles. The van der Waals surface area contributed by atoms with E-state index < -0.39 is 0 Å². The summed E-state index contributed by atoms with van der Waals surface area (Å²) in [7, 11) is 1.84. The second-order valence-corrected chi connectivity index (χ2v) is 7.77. The molecule has 1 fully saturated rings. The monoisotopic (exact) mass is 406 g/mol. The lowest BCUT2D eigenvalue weighted by molar-refractivity contribution is -0.136. The average Bonchev–Trinajstić information content (AvgIpc) is 2.79. The molecular weight excluding hydrogens is 380 g/mol. The average molecular weight is 406 g/mol. The molecule has 2 aliphatic rings. The van der Waals surface area contributed by atoms with Gasteiger partial charge in [0.2, 0.25) is 0 Å². The number of hydrogen-bond donors (Lipinski definition) is 0. The Morgan fingerprint density at radius 3 is 2.90 bits per heavy atom. The molecule has 0 aliphatic carbocycles. The van der Waals surface area contributed by atoms with Crippen LogP contribution in [0.5, 0.6) is 5.75 Å². The fraction of sp³-hybridized carbons (Fsp3) is 0.391. The Labute approximate surface area is 176 Å². The maximum absolute atomic E-state index is 12.9. The molecule has 0 radical (unpaired) electrons. The van der Waals surface area contributed by atoms with Crippen molar-refractivity contribution in [3.8, 4) is 5.75 Å². The molecule has 1 aromatic heterocycles. The summed E-state index contributed by atoms with van der Waals surface area (Å²) in [5, 5.41) is 0. The molecule has 0 bridgehead atoms. The highest BCUT2D eigenvalue weighted by molar-refractivity contribution is 5.92. The maximum Gasteiger partial charge on any atom is 0.272 e. The summed E-state index contributed by atoms with van der Waals surface area (Å²) in [5.74, 6) is 0.785. The first-order valence-electron chi connectivity index (χ1n) is 10.3. The minimum Gasteiger partial charge on any atom is -0.483 e. The number of aromatic nitrogens is 2. The molecule has 1 aromatic carbocycles. The van der Waals surface area contributed by atoms with Crippen LogP contribution < -0.4 is 4.74 Å². The smallest absolute Gasteiger partial charge is 0.272 e. The molecule has 1 saturated heterocycles. The van der Waals surface area contributed by atoms with Gasteiger partial charge in [0, 0.05) is 38.3 Å². The van der Waals surface area contributed by atoms with Crippen LogP contribution in [-0.4, -0.2) is 64.4 Å². The molecule has 0 unspecified atom stereocenters. The SMILES string of the molecule is CN1C(=O)COc2ccccc2C/C=C/C[C@H]2CN(C(=O)c3ccncn3)CC[C@H]21. The van der Waals surface area contributed by atoms with Crippen molar-refractivity contribution in [1.82, 2.24) is 19.8 Å². The number of allylic oxidation sites excluding steroid dienone is 2. The van der Waals surface area contributed by atoms with Gasteiger partial charge >= 0.3 is 0 Å². The Bertz CT molecular complexity index is 931. The van der Waals surface area contributed by atoms with E-state index >= 15 is 0 Å². The minimum atomic E-state index is -0.0859. The van der Waals surface area contributed by atoms with Crippen molar-refractivity contribution in [3.63, 3.8) is 0 Å². The van der Waals surface area contributed by atoms with E-state index in [9.17, 15) is 9.59 Å². The van der Waals surface area contributed by atoms with Gasteiger partial charge in [0.25, 0.3) is 11.8 Å². The van der Waals surface area contributed by atoms with E-state index in [2.05, 4.69) is 22.1 Å². The fourth-order valence-electron chi connectivity index (χ4n) is 4.25. The molecule has 4 rings (SSSR count). The lowest BCUT2D eigenvalue weighted by Gasteiger charge is -2.42. The van der Waals surface area contributed by atoms with Crippen LogP contribution in [0.1, 0.15) is 28.9 Å². The molecule has 2 atom stereocenters. The first-order chi connectivity index (χ1) is 14.6. The van der Waals surface area contributed by atoms with Crippen molar-refractivity contribution in [1.29, 1.82) is 0 Å². The Kier molecular flexibility index (Phi) is 6.07. The van der Waals surface area contributed by atoms with Crippen LogP contribution in [0, 0.1) is 5.92 Å². The van der Waals surface area contributed by atoms with E-state index in [-0.39, 0.29) is 30.4 Å². The van der Waals surface area contributed by atoms with Gasteiger partial charge in [-0.2, -0.15) is 0 Å². The largest absolute Gasteiger partial charge is 0.483 e. The van der Waals surface area contributed by atoms with Crippen LogP contribution in [0.2, 0.25) is 0 Å². The zero-order valence-electron chi connectivity index (χ0n) is 17.1. The number of rotatable bonds is 1. The summed E-state index contributed by atoms with van der Waals surface area (Å²) < 4.78 is 5.84. The van der Waals surface area contributed by atoms with Crippen molar-refractivity contribution in [2.75, 3.05) is 26.7 Å². The fourth-order valence-corrected chi connectivity index (χ4v) is 4.25. The number of benzene rings is 1. The normalized spacial score (nSPS) is 23.3. The lowest BCUT2D eigenvalue weighted by atomic mass is 9.87. The summed E-state index contributed by atoms with van der Waals surface area (Å²) in [4.78, 5) is 37.3. The molecule has 30 heavy (non-hydrogen) atoms. The highest BCUT2D eigenvalue weighted by Crippen LogP contribution is 2.27. The van der Waals surface area contributed by atoms with Crippen LogP contribution in [0.15, 0.2) is 55.0 Å².